The van der Waals surface area contributed by atoms with E-state index in [-0.39, 0.29) is 16.6 Å². The highest BCUT2D eigenvalue weighted by atomic mass is 32.2. The lowest BCUT2D eigenvalue weighted by atomic mass is 10.0. The first-order valence-electron chi connectivity index (χ1n) is 3.32. The van der Waals surface area contributed by atoms with Crippen molar-refractivity contribution in [3.8, 4) is 0 Å². The van der Waals surface area contributed by atoms with E-state index >= 15 is 0 Å². The molecule has 1 atom stereocenters. The lowest BCUT2D eigenvalue weighted by molar-refractivity contribution is -0.116. The molecule has 66 valence electrons. The summed E-state index contributed by atoms with van der Waals surface area (Å²) in [7, 11) is -4.23. The standard InChI is InChI=1S/C7H8O4S/c1-5-2-3-6(4-7(5)8)12(9,10)11/h2-5H,1H3,(H,9,10,11). The van der Waals surface area contributed by atoms with Crippen LogP contribution in [0.3, 0.4) is 0 Å². The van der Waals surface area contributed by atoms with Gasteiger partial charge in [0.2, 0.25) is 0 Å². The van der Waals surface area contributed by atoms with Gasteiger partial charge in [0.25, 0.3) is 10.1 Å². The molecule has 0 aromatic heterocycles. The minimum absolute atomic E-state index is 0.310. The number of hydrogen-bond acceptors (Lipinski definition) is 3. The second kappa shape index (κ2) is 2.84. The topological polar surface area (TPSA) is 71.4 Å². The Kier molecular flexibility index (Phi) is 2.16. The highest BCUT2D eigenvalue weighted by molar-refractivity contribution is 7.90. The fourth-order valence-corrected chi connectivity index (χ4v) is 1.33. The van der Waals surface area contributed by atoms with Crippen molar-refractivity contribution in [1.82, 2.24) is 0 Å². The molecule has 1 rings (SSSR count). The first kappa shape index (κ1) is 9.15. The third-order valence-corrected chi connectivity index (χ3v) is 2.43. The van der Waals surface area contributed by atoms with E-state index in [0.29, 0.717) is 0 Å². The Balaban J connectivity index is 3.08. The normalized spacial score (nSPS) is 24.0. The molecule has 1 aliphatic rings. The highest BCUT2D eigenvalue weighted by Gasteiger charge is 2.19. The summed E-state index contributed by atoms with van der Waals surface area (Å²) < 4.78 is 29.6. The molecule has 1 N–H and O–H groups in total. The fourth-order valence-electron chi connectivity index (χ4n) is 0.814. The molecular weight excluding hydrogens is 180 g/mol. The van der Waals surface area contributed by atoms with Gasteiger partial charge in [-0.25, -0.2) is 0 Å². The molecule has 5 heteroatoms. The molecule has 0 saturated carbocycles. The summed E-state index contributed by atoms with van der Waals surface area (Å²) in [4.78, 5) is 10.6. The van der Waals surface area contributed by atoms with Gasteiger partial charge in [-0.1, -0.05) is 13.0 Å². The van der Waals surface area contributed by atoms with Gasteiger partial charge in [-0.15, -0.1) is 0 Å². The SMILES string of the molecule is CC1C=CC(S(=O)(=O)O)=CC1=O. The number of carbonyl (C=O) groups is 1. The van der Waals surface area contributed by atoms with E-state index in [1.807, 2.05) is 0 Å². The van der Waals surface area contributed by atoms with Gasteiger partial charge >= 0.3 is 0 Å². The zero-order chi connectivity index (χ0) is 9.35. The summed E-state index contributed by atoms with van der Waals surface area (Å²) in [5.74, 6) is -0.624. The van der Waals surface area contributed by atoms with Crippen molar-refractivity contribution in [2.24, 2.45) is 5.92 Å². The van der Waals surface area contributed by atoms with E-state index in [2.05, 4.69) is 0 Å². The Morgan fingerprint density at radius 2 is 2.08 bits per heavy atom. The van der Waals surface area contributed by atoms with Gasteiger partial charge in [-0.05, 0) is 6.08 Å². The van der Waals surface area contributed by atoms with Crippen LogP contribution in [0.15, 0.2) is 23.1 Å². The van der Waals surface area contributed by atoms with Gasteiger partial charge in [0.15, 0.2) is 5.78 Å². The molecule has 0 amide bonds. The van der Waals surface area contributed by atoms with Crippen molar-refractivity contribution in [1.29, 1.82) is 0 Å². The zero-order valence-corrected chi connectivity index (χ0v) is 7.21. The Morgan fingerprint density at radius 1 is 1.50 bits per heavy atom. The highest BCUT2D eigenvalue weighted by Crippen LogP contribution is 2.15. The van der Waals surface area contributed by atoms with Gasteiger partial charge < -0.3 is 0 Å². The quantitative estimate of drug-likeness (QED) is 0.609. The molecule has 4 nitrogen and oxygen atoms in total. The fraction of sp³-hybridized carbons (Fsp3) is 0.286. The summed E-state index contributed by atoms with van der Waals surface area (Å²) in [6.45, 7) is 1.65. The van der Waals surface area contributed by atoms with Crippen molar-refractivity contribution in [3.63, 3.8) is 0 Å². The van der Waals surface area contributed by atoms with Crippen LogP contribution in [-0.4, -0.2) is 18.8 Å². The van der Waals surface area contributed by atoms with Crippen LogP contribution in [0, 0.1) is 5.92 Å². The molecule has 0 aromatic carbocycles. The van der Waals surface area contributed by atoms with E-state index < -0.39 is 10.1 Å². The zero-order valence-electron chi connectivity index (χ0n) is 6.39. The van der Waals surface area contributed by atoms with Crippen molar-refractivity contribution in [2.45, 2.75) is 6.92 Å². The largest absolute Gasteiger partial charge is 0.294 e. The number of hydrogen-bond donors (Lipinski definition) is 1. The molecule has 0 radical (unpaired) electrons. The number of rotatable bonds is 1. The maximum absolute atomic E-state index is 10.9. The molecule has 0 aliphatic heterocycles. The monoisotopic (exact) mass is 188 g/mol. The molecule has 0 bridgehead atoms. The van der Waals surface area contributed by atoms with Gasteiger partial charge in [0, 0.05) is 12.0 Å². The minimum atomic E-state index is -4.23. The average Bonchev–Trinajstić information content (AvgIpc) is 1.92. The molecule has 0 fully saturated rings. The maximum atomic E-state index is 10.9. The van der Waals surface area contributed by atoms with E-state index in [4.69, 9.17) is 4.55 Å². The smallest absolute Gasteiger partial charge is 0.294 e. The second-order valence-corrected chi connectivity index (χ2v) is 3.99. The third kappa shape index (κ3) is 1.80. The van der Waals surface area contributed by atoms with E-state index in [9.17, 15) is 13.2 Å². The van der Waals surface area contributed by atoms with Crippen LogP contribution in [0.2, 0.25) is 0 Å². The van der Waals surface area contributed by atoms with Gasteiger partial charge in [-0.2, -0.15) is 8.42 Å². The van der Waals surface area contributed by atoms with E-state index in [1.54, 1.807) is 6.92 Å². The van der Waals surface area contributed by atoms with Crippen molar-refractivity contribution >= 4 is 15.9 Å². The van der Waals surface area contributed by atoms with Crippen molar-refractivity contribution in [3.05, 3.63) is 23.1 Å². The predicted octanol–water partition coefficient (Wildman–Crippen LogP) is 0.533. The first-order chi connectivity index (χ1) is 5.41. The molecule has 0 saturated heterocycles. The summed E-state index contributed by atoms with van der Waals surface area (Å²) in [5.41, 5.74) is 0. The maximum Gasteiger partial charge on any atom is 0.294 e. The van der Waals surface area contributed by atoms with Crippen LogP contribution in [0.5, 0.6) is 0 Å². The van der Waals surface area contributed by atoms with Crippen LogP contribution >= 0.6 is 0 Å². The molecular formula is C7H8O4S. The Morgan fingerprint density at radius 3 is 2.50 bits per heavy atom. The number of allylic oxidation sites excluding steroid dienone is 3. The lowest BCUT2D eigenvalue weighted by Crippen LogP contribution is -2.13. The lowest BCUT2D eigenvalue weighted by Gasteiger charge is -2.07. The van der Waals surface area contributed by atoms with Crippen LogP contribution < -0.4 is 0 Å². The predicted molar refractivity (Wildman–Crippen MR) is 42.9 cm³/mol. The van der Waals surface area contributed by atoms with Crippen LogP contribution in [0.1, 0.15) is 6.92 Å². The molecule has 0 heterocycles. The van der Waals surface area contributed by atoms with E-state index in [1.165, 1.54) is 12.2 Å². The Hall–Kier alpha value is -0.940. The van der Waals surface area contributed by atoms with Crippen molar-refractivity contribution in [2.75, 3.05) is 0 Å². The second-order valence-electron chi connectivity index (χ2n) is 2.57. The van der Waals surface area contributed by atoms with Crippen LogP contribution in [0.25, 0.3) is 0 Å². The molecule has 1 aliphatic carbocycles. The van der Waals surface area contributed by atoms with Gasteiger partial charge in [0.05, 0.1) is 4.91 Å². The summed E-state index contributed by atoms with van der Waals surface area (Å²) >= 11 is 0. The average molecular weight is 188 g/mol. The first-order valence-corrected chi connectivity index (χ1v) is 4.76. The number of carbonyl (C=O) groups excluding carboxylic acids is 1. The molecule has 0 aromatic rings. The Bertz CT molecular complexity index is 361. The van der Waals surface area contributed by atoms with Crippen molar-refractivity contribution < 1.29 is 17.8 Å². The molecule has 0 spiro atoms. The van der Waals surface area contributed by atoms with E-state index in [0.717, 1.165) is 6.08 Å². The third-order valence-electron chi connectivity index (χ3n) is 1.58. The molecule has 1 unspecified atom stereocenters. The number of ketones is 1. The summed E-state index contributed by atoms with van der Waals surface area (Å²) in [5, 5.41) is 0. The minimum Gasteiger partial charge on any atom is -0.294 e. The van der Waals surface area contributed by atoms with Crippen LogP contribution in [0.4, 0.5) is 0 Å². The molecule has 12 heavy (non-hydrogen) atoms. The summed E-state index contributed by atoms with van der Waals surface area (Å²) in [6, 6.07) is 0. The van der Waals surface area contributed by atoms with Crippen LogP contribution in [-0.2, 0) is 14.9 Å². The Labute approximate surface area is 70.3 Å². The van der Waals surface area contributed by atoms with Gasteiger partial charge in [-0.3, -0.25) is 9.35 Å². The summed E-state index contributed by atoms with van der Waals surface area (Å²) in [6.07, 6.45) is 3.59. The van der Waals surface area contributed by atoms with Gasteiger partial charge in [0.1, 0.15) is 0 Å².